The molecule has 1 heterocycles. The molecule has 0 spiro atoms. The zero-order valence-corrected chi connectivity index (χ0v) is 21.7. The molecule has 4 rings (SSSR count). The number of aryl methyl sites for hydroxylation is 1. The second-order valence-electron chi connectivity index (χ2n) is 9.24. The number of methoxy groups -OCH3 is 1. The van der Waals surface area contributed by atoms with Gasteiger partial charge in [-0.25, -0.2) is 0 Å². The molecule has 3 aromatic carbocycles. The Labute approximate surface area is 215 Å². The summed E-state index contributed by atoms with van der Waals surface area (Å²) in [4.78, 5) is 2.44. The molecule has 5 nitrogen and oxygen atoms in total. The molecule has 0 N–H and O–H groups in total. The first-order chi connectivity index (χ1) is 17.8. The number of hydrogen-bond acceptors (Lipinski definition) is 5. The summed E-state index contributed by atoms with van der Waals surface area (Å²) >= 11 is 0. The van der Waals surface area contributed by atoms with Gasteiger partial charge in [0.15, 0.2) is 11.5 Å². The van der Waals surface area contributed by atoms with Crippen molar-refractivity contribution >= 4 is 5.69 Å². The van der Waals surface area contributed by atoms with Crippen molar-refractivity contribution in [3.8, 4) is 23.0 Å². The van der Waals surface area contributed by atoms with Crippen molar-refractivity contribution in [2.45, 2.75) is 51.6 Å². The third kappa shape index (κ3) is 7.33. The Morgan fingerprint density at radius 1 is 0.833 bits per heavy atom. The molecular formula is C31H39NO4. The SMILES string of the molecule is CCCCN(CC1CCc2cccc(OC)c2O1)c1ccc(OCCCCOc2ccccc2)cc1. The highest BCUT2D eigenvalue weighted by molar-refractivity contribution is 5.50. The van der Waals surface area contributed by atoms with Crippen LogP contribution in [-0.4, -0.2) is 39.5 Å². The van der Waals surface area contributed by atoms with Gasteiger partial charge in [-0.15, -0.1) is 0 Å². The van der Waals surface area contributed by atoms with Gasteiger partial charge >= 0.3 is 0 Å². The number of para-hydroxylation sites is 2. The summed E-state index contributed by atoms with van der Waals surface area (Å²) in [5.41, 5.74) is 2.44. The molecule has 1 unspecified atom stereocenters. The first-order valence-corrected chi connectivity index (χ1v) is 13.2. The Morgan fingerprint density at radius 3 is 2.25 bits per heavy atom. The van der Waals surface area contributed by atoms with E-state index in [0.29, 0.717) is 13.2 Å². The van der Waals surface area contributed by atoms with Crippen LogP contribution in [0.25, 0.3) is 0 Å². The number of benzene rings is 3. The number of fused-ring (bicyclic) bond motifs is 1. The molecule has 1 atom stereocenters. The zero-order chi connectivity index (χ0) is 25.0. The van der Waals surface area contributed by atoms with Crippen molar-refractivity contribution in [2.24, 2.45) is 0 Å². The van der Waals surface area contributed by atoms with Gasteiger partial charge in [0.1, 0.15) is 17.6 Å². The summed E-state index contributed by atoms with van der Waals surface area (Å²) in [6.45, 7) is 5.50. The molecule has 0 aliphatic carbocycles. The molecule has 1 aliphatic rings. The van der Waals surface area contributed by atoms with Crippen LogP contribution in [0.4, 0.5) is 5.69 Å². The van der Waals surface area contributed by atoms with Gasteiger partial charge in [-0.1, -0.05) is 43.7 Å². The van der Waals surface area contributed by atoms with E-state index in [9.17, 15) is 0 Å². The normalized spacial score (nSPS) is 14.4. The standard InChI is InChI=1S/C31H39NO4/c1-3-4-21-32(24-29-18-15-25-11-10-14-30(33-2)31(25)36-29)26-16-19-28(20-17-26)35-23-9-8-22-34-27-12-6-5-7-13-27/h5-7,10-14,16-17,19-20,29H,3-4,8-9,15,18,21-24H2,1-2H3. The van der Waals surface area contributed by atoms with Crippen LogP contribution in [0.3, 0.4) is 0 Å². The predicted molar refractivity (Wildman–Crippen MR) is 146 cm³/mol. The fraction of sp³-hybridized carbons (Fsp3) is 0.419. The van der Waals surface area contributed by atoms with Crippen LogP contribution in [0, 0.1) is 0 Å². The van der Waals surface area contributed by atoms with Gasteiger partial charge in [-0.3, -0.25) is 0 Å². The molecular weight excluding hydrogens is 450 g/mol. The van der Waals surface area contributed by atoms with Gasteiger partial charge < -0.3 is 23.8 Å². The van der Waals surface area contributed by atoms with Crippen LogP contribution in [0.1, 0.15) is 44.6 Å². The van der Waals surface area contributed by atoms with Gasteiger partial charge in [-0.2, -0.15) is 0 Å². The molecule has 1 aliphatic heterocycles. The molecule has 36 heavy (non-hydrogen) atoms. The monoisotopic (exact) mass is 489 g/mol. The highest BCUT2D eigenvalue weighted by Gasteiger charge is 2.24. The zero-order valence-electron chi connectivity index (χ0n) is 21.7. The number of rotatable bonds is 14. The van der Waals surface area contributed by atoms with Crippen molar-refractivity contribution in [1.29, 1.82) is 0 Å². The number of ether oxygens (including phenoxy) is 4. The summed E-state index contributed by atoms with van der Waals surface area (Å²) in [5, 5.41) is 0. The molecule has 0 radical (unpaired) electrons. The molecule has 5 heteroatoms. The van der Waals surface area contributed by atoms with E-state index in [1.54, 1.807) is 7.11 Å². The van der Waals surface area contributed by atoms with E-state index in [4.69, 9.17) is 18.9 Å². The largest absolute Gasteiger partial charge is 0.494 e. The van der Waals surface area contributed by atoms with E-state index >= 15 is 0 Å². The Bertz CT molecular complexity index is 1020. The third-order valence-corrected chi connectivity index (χ3v) is 6.53. The Morgan fingerprint density at radius 2 is 1.56 bits per heavy atom. The molecule has 3 aromatic rings. The number of anilines is 1. The molecule has 0 saturated heterocycles. The second kappa shape index (κ2) is 13.7. The molecule has 192 valence electrons. The average Bonchev–Trinajstić information content (AvgIpc) is 2.93. The summed E-state index contributed by atoms with van der Waals surface area (Å²) in [6, 6.07) is 24.6. The summed E-state index contributed by atoms with van der Waals surface area (Å²) in [5.74, 6) is 3.56. The number of hydrogen-bond donors (Lipinski definition) is 0. The van der Waals surface area contributed by atoms with Crippen molar-refractivity contribution in [2.75, 3.05) is 38.3 Å². The fourth-order valence-electron chi connectivity index (χ4n) is 4.50. The smallest absolute Gasteiger partial charge is 0.164 e. The lowest BCUT2D eigenvalue weighted by molar-refractivity contribution is 0.170. The first-order valence-electron chi connectivity index (χ1n) is 13.2. The van der Waals surface area contributed by atoms with Gasteiger partial charge in [0.25, 0.3) is 0 Å². The minimum atomic E-state index is 0.139. The van der Waals surface area contributed by atoms with Crippen molar-refractivity contribution in [3.05, 3.63) is 78.4 Å². The Balaban J connectivity index is 1.26. The molecule has 0 fully saturated rings. The van der Waals surface area contributed by atoms with Crippen molar-refractivity contribution in [3.63, 3.8) is 0 Å². The topological polar surface area (TPSA) is 40.2 Å². The van der Waals surface area contributed by atoms with E-state index in [0.717, 1.165) is 74.6 Å². The van der Waals surface area contributed by atoms with Crippen molar-refractivity contribution < 1.29 is 18.9 Å². The molecule has 0 aromatic heterocycles. The fourth-order valence-corrected chi connectivity index (χ4v) is 4.50. The first kappa shape index (κ1) is 25.7. The second-order valence-corrected chi connectivity index (χ2v) is 9.24. The maximum Gasteiger partial charge on any atom is 0.164 e. The van der Waals surface area contributed by atoms with Crippen LogP contribution < -0.4 is 23.8 Å². The third-order valence-electron chi connectivity index (χ3n) is 6.53. The summed E-state index contributed by atoms with van der Waals surface area (Å²) in [6.07, 6.45) is 6.40. The summed E-state index contributed by atoms with van der Waals surface area (Å²) < 4.78 is 23.7. The maximum atomic E-state index is 6.42. The van der Waals surface area contributed by atoms with E-state index in [1.165, 1.54) is 11.3 Å². The predicted octanol–water partition coefficient (Wildman–Crippen LogP) is 6.93. The lowest BCUT2D eigenvalue weighted by Crippen LogP contribution is -2.38. The minimum Gasteiger partial charge on any atom is -0.494 e. The maximum absolute atomic E-state index is 6.42. The minimum absolute atomic E-state index is 0.139. The van der Waals surface area contributed by atoms with E-state index in [-0.39, 0.29) is 6.10 Å². The van der Waals surface area contributed by atoms with Crippen LogP contribution in [0.15, 0.2) is 72.8 Å². The van der Waals surface area contributed by atoms with Gasteiger partial charge in [0.2, 0.25) is 0 Å². The summed E-state index contributed by atoms with van der Waals surface area (Å²) in [7, 11) is 1.71. The molecule has 0 bridgehead atoms. The van der Waals surface area contributed by atoms with Gasteiger partial charge in [-0.05, 0) is 80.1 Å². The number of unbranched alkanes of at least 4 members (excludes halogenated alkanes) is 2. The molecule has 0 saturated carbocycles. The van der Waals surface area contributed by atoms with Crippen molar-refractivity contribution in [1.82, 2.24) is 0 Å². The van der Waals surface area contributed by atoms with Crippen LogP contribution in [0.2, 0.25) is 0 Å². The van der Waals surface area contributed by atoms with Gasteiger partial charge in [0, 0.05) is 12.2 Å². The van der Waals surface area contributed by atoms with E-state index in [2.05, 4.69) is 42.2 Å². The van der Waals surface area contributed by atoms with E-state index in [1.807, 2.05) is 42.5 Å². The van der Waals surface area contributed by atoms with Crippen LogP contribution >= 0.6 is 0 Å². The molecule has 0 amide bonds. The Kier molecular flexibility index (Phi) is 9.78. The van der Waals surface area contributed by atoms with Crippen LogP contribution in [0.5, 0.6) is 23.0 Å². The van der Waals surface area contributed by atoms with E-state index < -0.39 is 0 Å². The van der Waals surface area contributed by atoms with Gasteiger partial charge in [0.05, 0.1) is 26.9 Å². The quantitative estimate of drug-likeness (QED) is 0.230. The number of nitrogens with zero attached hydrogens (tertiary/aromatic N) is 1. The average molecular weight is 490 g/mol. The Hall–Kier alpha value is -3.34. The highest BCUT2D eigenvalue weighted by atomic mass is 16.5. The lowest BCUT2D eigenvalue weighted by Gasteiger charge is -2.33. The lowest BCUT2D eigenvalue weighted by atomic mass is 10.0. The van der Waals surface area contributed by atoms with Crippen LogP contribution in [-0.2, 0) is 6.42 Å². The highest BCUT2D eigenvalue weighted by Crippen LogP contribution is 2.37.